The lowest BCUT2D eigenvalue weighted by Gasteiger charge is -2.26. The van der Waals surface area contributed by atoms with Gasteiger partial charge in [-0.2, -0.15) is 0 Å². The summed E-state index contributed by atoms with van der Waals surface area (Å²) >= 11 is 0. The molecule has 0 aliphatic rings. The minimum Gasteiger partial charge on any atom is -0.478 e. The molecule has 0 saturated carbocycles. The second-order valence-electron chi connectivity index (χ2n) is 7.97. The summed E-state index contributed by atoms with van der Waals surface area (Å²) in [5.41, 5.74) is 2.52. The zero-order valence-corrected chi connectivity index (χ0v) is 18.3. The molecule has 6 nitrogen and oxygen atoms in total. The predicted octanol–water partition coefficient (Wildman–Crippen LogP) is 5.90. The third-order valence-corrected chi connectivity index (χ3v) is 5.78. The molecule has 33 heavy (non-hydrogen) atoms. The number of aromatic nitrogens is 1. The third kappa shape index (κ3) is 3.55. The highest BCUT2D eigenvalue weighted by atomic mass is 16.4. The summed E-state index contributed by atoms with van der Waals surface area (Å²) < 4.78 is 8.13. The lowest BCUT2D eigenvalue weighted by Crippen LogP contribution is -2.20. The van der Waals surface area contributed by atoms with Gasteiger partial charge in [-0.05, 0) is 54.4 Å². The van der Waals surface area contributed by atoms with Crippen LogP contribution in [0.15, 0.2) is 88.3 Å². The van der Waals surface area contributed by atoms with Crippen LogP contribution in [0, 0.1) is 6.92 Å². The van der Waals surface area contributed by atoms with Crippen LogP contribution >= 0.6 is 0 Å². The Balaban J connectivity index is 1.77. The van der Waals surface area contributed by atoms with Gasteiger partial charge in [-0.3, -0.25) is 9.36 Å². The van der Waals surface area contributed by atoms with Crippen LogP contribution in [0.1, 0.15) is 22.8 Å². The number of aryl methyl sites for hydroxylation is 1. The normalized spacial score (nSPS) is 11.2. The Bertz CT molecular complexity index is 1550. The fraction of sp³-hybridized carbons (Fsp3) is 0.111. The maximum absolute atomic E-state index is 13.1. The van der Waals surface area contributed by atoms with E-state index in [0.29, 0.717) is 34.8 Å². The molecule has 6 heteroatoms. The van der Waals surface area contributed by atoms with Gasteiger partial charge in [0.2, 0.25) is 5.88 Å². The molecule has 2 heterocycles. The van der Waals surface area contributed by atoms with Crippen molar-refractivity contribution in [3.63, 3.8) is 0 Å². The number of aromatic carboxylic acids is 1. The van der Waals surface area contributed by atoms with E-state index >= 15 is 0 Å². The van der Waals surface area contributed by atoms with E-state index in [1.165, 1.54) is 6.07 Å². The standard InChI is InChI=1S/C27H22N2O4/c1-3-29(22-11-7-6-10-20(22)27(31)32)23-13-17(2)12-21-24(30)14-25(33-26(21)23)28-15-18-8-4-5-9-19(18)16-28/h4-16H,3H2,1-2H3,(H,31,32). The van der Waals surface area contributed by atoms with Crippen LogP contribution in [0.2, 0.25) is 0 Å². The molecule has 0 fully saturated rings. The molecule has 164 valence electrons. The number of benzene rings is 3. The first-order valence-electron chi connectivity index (χ1n) is 10.7. The van der Waals surface area contributed by atoms with Gasteiger partial charge in [0.25, 0.3) is 0 Å². The average Bonchev–Trinajstić information content (AvgIpc) is 3.25. The molecule has 0 aliphatic heterocycles. The van der Waals surface area contributed by atoms with Crippen LogP contribution in [0.3, 0.4) is 0 Å². The van der Waals surface area contributed by atoms with Crippen molar-refractivity contribution in [2.75, 3.05) is 11.4 Å². The number of para-hydroxylation sites is 1. The van der Waals surface area contributed by atoms with Gasteiger partial charge in [0.05, 0.1) is 22.3 Å². The molecule has 0 amide bonds. The van der Waals surface area contributed by atoms with Gasteiger partial charge in [-0.15, -0.1) is 0 Å². The van der Waals surface area contributed by atoms with E-state index in [-0.39, 0.29) is 11.0 Å². The highest BCUT2D eigenvalue weighted by Gasteiger charge is 2.21. The van der Waals surface area contributed by atoms with Gasteiger partial charge in [0.15, 0.2) is 11.0 Å². The maximum atomic E-state index is 13.1. The van der Waals surface area contributed by atoms with E-state index in [1.807, 2.05) is 61.5 Å². The van der Waals surface area contributed by atoms with Crippen molar-refractivity contribution in [3.05, 3.63) is 100 Å². The Morgan fingerprint density at radius 1 is 0.970 bits per heavy atom. The summed E-state index contributed by atoms with van der Waals surface area (Å²) in [5, 5.41) is 12.3. The van der Waals surface area contributed by atoms with Crippen LogP contribution in [0.5, 0.6) is 0 Å². The number of carboxylic acids is 1. The second kappa shape index (κ2) is 7.98. The highest BCUT2D eigenvalue weighted by molar-refractivity contribution is 5.99. The zero-order valence-electron chi connectivity index (χ0n) is 18.3. The van der Waals surface area contributed by atoms with E-state index in [1.54, 1.807) is 34.9 Å². The lowest BCUT2D eigenvalue weighted by molar-refractivity contribution is 0.0697. The van der Waals surface area contributed by atoms with Crippen LogP contribution in [0.4, 0.5) is 11.4 Å². The molecule has 0 bridgehead atoms. The van der Waals surface area contributed by atoms with Gasteiger partial charge in [0, 0.05) is 25.0 Å². The summed E-state index contributed by atoms with van der Waals surface area (Å²) in [6, 6.07) is 20.0. The van der Waals surface area contributed by atoms with Crippen molar-refractivity contribution in [3.8, 4) is 5.88 Å². The molecule has 0 unspecified atom stereocenters. The zero-order chi connectivity index (χ0) is 23.1. The quantitative estimate of drug-likeness (QED) is 0.370. The Labute approximate surface area is 189 Å². The number of rotatable bonds is 5. The molecule has 0 atom stereocenters. The van der Waals surface area contributed by atoms with Crippen LogP contribution in [-0.2, 0) is 0 Å². The smallest absolute Gasteiger partial charge is 0.337 e. The van der Waals surface area contributed by atoms with Crippen molar-refractivity contribution in [1.29, 1.82) is 0 Å². The molecule has 1 N–H and O–H groups in total. The number of carbonyl (C=O) groups is 1. The molecule has 0 radical (unpaired) electrons. The van der Waals surface area contributed by atoms with Crippen LogP contribution in [0.25, 0.3) is 27.6 Å². The molecular formula is C27H22N2O4. The Morgan fingerprint density at radius 2 is 1.64 bits per heavy atom. The van der Waals surface area contributed by atoms with Crippen LogP contribution < -0.4 is 10.3 Å². The summed E-state index contributed by atoms with van der Waals surface area (Å²) in [6.07, 6.45) is 3.84. The van der Waals surface area contributed by atoms with Crippen molar-refractivity contribution >= 4 is 39.1 Å². The van der Waals surface area contributed by atoms with E-state index in [2.05, 4.69) is 0 Å². The SMILES string of the molecule is CCN(c1ccccc1C(=O)O)c1cc(C)cc2c(=O)cc(-n3cc4ccccc4c3)oc12. The van der Waals surface area contributed by atoms with Crippen molar-refractivity contribution < 1.29 is 14.3 Å². The number of fused-ring (bicyclic) bond motifs is 2. The topological polar surface area (TPSA) is 75.7 Å². The largest absolute Gasteiger partial charge is 0.478 e. The fourth-order valence-electron chi connectivity index (χ4n) is 4.27. The van der Waals surface area contributed by atoms with E-state index in [0.717, 1.165) is 16.3 Å². The minimum absolute atomic E-state index is 0.156. The monoisotopic (exact) mass is 438 g/mol. The highest BCUT2D eigenvalue weighted by Crippen LogP contribution is 2.35. The Hall–Kier alpha value is -4.32. The van der Waals surface area contributed by atoms with Crippen LogP contribution in [-0.4, -0.2) is 22.2 Å². The van der Waals surface area contributed by atoms with Crippen molar-refractivity contribution in [1.82, 2.24) is 4.57 Å². The Morgan fingerprint density at radius 3 is 2.30 bits per heavy atom. The first-order valence-corrected chi connectivity index (χ1v) is 10.7. The predicted molar refractivity (Wildman–Crippen MR) is 130 cm³/mol. The summed E-state index contributed by atoms with van der Waals surface area (Å²) in [6.45, 7) is 4.34. The maximum Gasteiger partial charge on any atom is 0.337 e. The van der Waals surface area contributed by atoms with Crippen molar-refractivity contribution in [2.45, 2.75) is 13.8 Å². The fourth-order valence-corrected chi connectivity index (χ4v) is 4.27. The average molecular weight is 438 g/mol. The molecule has 5 aromatic rings. The third-order valence-electron chi connectivity index (χ3n) is 5.78. The van der Waals surface area contributed by atoms with E-state index < -0.39 is 5.97 Å². The molecule has 0 saturated heterocycles. The van der Waals surface area contributed by atoms with Crippen molar-refractivity contribution in [2.24, 2.45) is 0 Å². The lowest BCUT2D eigenvalue weighted by atomic mass is 10.1. The Kier molecular flexibility index (Phi) is 4.98. The van der Waals surface area contributed by atoms with Gasteiger partial charge in [0.1, 0.15) is 0 Å². The molecule has 3 aromatic carbocycles. The summed E-state index contributed by atoms with van der Waals surface area (Å²) in [4.78, 5) is 26.9. The molecule has 2 aromatic heterocycles. The number of hydrogen-bond acceptors (Lipinski definition) is 4. The molecule has 0 spiro atoms. The number of carboxylic acid groups (broad SMARTS) is 1. The van der Waals surface area contributed by atoms with Gasteiger partial charge < -0.3 is 14.4 Å². The molecular weight excluding hydrogens is 416 g/mol. The number of anilines is 2. The van der Waals surface area contributed by atoms with Gasteiger partial charge >= 0.3 is 5.97 Å². The number of nitrogens with zero attached hydrogens (tertiary/aromatic N) is 2. The summed E-state index contributed by atoms with van der Waals surface area (Å²) in [7, 11) is 0. The minimum atomic E-state index is -1.01. The van der Waals surface area contributed by atoms with E-state index in [4.69, 9.17) is 4.42 Å². The molecule has 0 aliphatic carbocycles. The molecule has 5 rings (SSSR count). The second-order valence-corrected chi connectivity index (χ2v) is 7.97. The van der Waals surface area contributed by atoms with E-state index in [9.17, 15) is 14.7 Å². The number of hydrogen-bond donors (Lipinski definition) is 1. The van der Waals surface area contributed by atoms with Gasteiger partial charge in [-0.25, -0.2) is 4.79 Å². The summed E-state index contributed by atoms with van der Waals surface area (Å²) in [5.74, 6) is -0.612. The first-order chi connectivity index (χ1) is 16.0. The first kappa shape index (κ1) is 20.6. The van der Waals surface area contributed by atoms with Gasteiger partial charge in [-0.1, -0.05) is 36.4 Å².